The quantitative estimate of drug-likeness (QED) is 0.796. The van der Waals surface area contributed by atoms with Gasteiger partial charge in [-0.05, 0) is 51.4 Å². The lowest BCUT2D eigenvalue weighted by Gasteiger charge is -2.44. The molecule has 0 saturated carbocycles. The van der Waals surface area contributed by atoms with E-state index in [1.54, 1.807) is 10.9 Å². The fourth-order valence-electron chi connectivity index (χ4n) is 4.77. The molecule has 2 aliphatic rings. The number of piperidine rings is 1. The maximum atomic E-state index is 12.6. The monoisotopic (exact) mass is 393 g/mol. The number of amides is 1. The average molecular weight is 394 g/mol. The van der Waals surface area contributed by atoms with Crippen LogP contribution in [0.1, 0.15) is 39.5 Å². The molecular formula is C23H31N5O. The van der Waals surface area contributed by atoms with Gasteiger partial charge in [0.2, 0.25) is 0 Å². The van der Waals surface area contributed by atoms with Gasteiger partial charge in [-0.25, -0.2) is 9.78 Å². The van der Waals surface area contributed by atoms with Crippen LogP contribution in [-0.4, -0.2) is 59.2 Å². The van der Waals surface area contributed by atoms with E-state index in [4.69, 9.17) is 0 Å². The highest BCUT2D eigenvalue weighted by Gasteiger charge is 2.41. The first-order chi connectivity index (χ1) is 14.0. The van der Waals surface area contributed by atoms with Crippen LogP contribution in [0.4, 0.5) is 10.5 Å². The zero-order valence-corrected chi connectivity index (χ0v) is 17.7. The molecule has 2 fully saturated rings. The average Bonchev–Trinajstić information content (AvgIpc) is 3.30. The third-order valence-electron chi connectivity index (χ3n) is 6.47. The summed E-state index contributed by atoms with van der Waals surface area (Å²) in [5.41, 5.74) is 3.26. The fourth-order valence-corrected chi connectivity index (χ4v) is 4.77. The van der Waals surface area contributed by atoms with Crippen molar-refractivity contribution in [3.63, 3.8) is 0 Å². The van der Waals surface area contributed by atoms with E-state index < -0.39 is 0 Å². The normalized spacial score (nSPS) is 19.0. The molecule has 2 saturated heterocycles. The summed E-state index contributed by atoms with van der Waals surface area (Å²) in [5.74, 6) is 6.35. The van der Waals surface area contributed by atoms with Crippen LogP contribution in [-0.2, 0) is 0 Å². The van der Waals surface area contributed by atoms with E-state index in [1.165, 1.54) is 32.2 Å². The van der Waals surface area contributed by atoms with Crippen molar-refractivity contribution >= 4 is 22.8 Å². The van der Waals surface area contributed by atoms with Gasteiger partial charge in [0.15, 0.2) is 0 Å². The van der Waals surface area contributed by atoms with Gasteiger partial charge in [0.05, 0.1) is 17.7 Å². The predicted molar refractivity (Wildman–Crippen MR) is 117 cm³/mol. The maximum Gasteiger partial charge on any atom is 0.328 e. The number of carbonyl (C=O) groups excluding carboxylic acids is 1. The lowest BCUT2D eigenvalue weighted by Crippen LogP contribution is -2.50. The summed E-state index contributed by atoms with van der Waals surface area (Å²) in [6, 6.07) is 5.92. The number of rotatable bonds is 2. The summed E-state index contributed by atoms with van der Waals surface area (Å²) in [6.45, 7) is 7.70. The second kappa shape index (κ2) is 8.08. The first-order valence-corrected chi connectivity index (χ1v) is 10.7. The topological polar surface area (TPSA) is 53.4 Å². The number of hydrogen-bond donors (Lipinski definition) is 1. The number of hydrogen-bond acceptors (Lipinski definition) is 4. The summed E-state index contributed by atoms with van der Waals surface area (Å²) in [4.78, 5) is 22.2. The molecule has 0 bridgehead atoms. The molecule has 1 N–H and O–H groups in total. The number of aromatic nitrogens is 2. The van der Waals surface area contributed by atoms with Crippen LogP contribution < -0.4 is 10.2 Å². The van der Waals surface area contributed by atoms with Crippen LogP contribution in [0.25, 0.3) is 11.0 Å². The minimum Gasteiger partial charge on any atom is -0.370 e. The second-order valence-electron chi connectivity index (χ2n) is 8.63. The molecule has 1 spiro atoms. The number of carbonyl (C=O) groups is 1. The molecule has 0 radical (unpaired) electrons. The molecular weight excluding hydrogens is 362 g/mol. The molecule has 29 heavy (non-hydrogen) atoms. The summed E-state index contributed by atoms with van der Waals surface area (Å²) in [6.07, 6.45) is 6.63. The Kier molecular flexibility index (Phi) is 5.51. The van der Waals surface area contributed by atoms with E-state index in [9.17, 15) is 4.79 Å². The Bertz CT molecular complexity index is 943. The highest BCUT2D eigenvalue weighted by molar-refractivity contribution is 5.95. The van der Waals surface area contributed by atoms with Crippen molar-refractivity contribution in [1.82, 2.24) is 19.8 Å². The Labute approximate surface area is 173 Å². The molecule has 4 rings (SSSR count). The van der Waals surface area contributed by atoms with Crippen molar-refractivity contribution in [2.24, 2.45) is 5.92 Å². The van der Waals surface area contributed by atoms with Crippen LogP contribution in [0.15, 0.2) is 24.5 Å². The number of benzene rings is 1. The third kappa shape index (κ3) is 3.84. The van der Waals surface area contributed by atoms with Gasteiger partial charge >= 0.3 is 6.03 Å². The molecule has 1 aromatic heterocycles. The van der Waals surface area contributed by atoms with Crippen LogP contribution in [0, 0.1) is 17.8 Å². The van der Waals surface area contributed by atoms with E-state index in [-0.39, 0.29) is 6.03 Å². The molecule has 3 heterocycles. The zero-order chi connectivity index (χ0) is 20.4. The molecule has 154 valence electrons. The third-order valence-corrected chi connectivity index (χ3v) is 6.47. The van der Waals surface area contributed by atoms with E-state index in [1.807, 2.05) is 26.0 Å². The lowest BCUT2D eigenvalue weighted by molar-refractivity contribution is 0.137. The Balaban J connectivity index is 1.50. The Morgan fingerprint density at radius 3 is 2.72 bits per heavy atom. The molecule has 2 aromatic rings. The van der Waals surface area contributed by atoms with Gasteiger partial charge in [0.25, 0.3) is 0 Å². The molecule has 6 nitrogen and oxygen atoms in total. The van der Waals surface area contributed by atoms with E-state index in [0.29, 0.717) is 18.0 Å². The fraction of sp³-hybridized carbons (Fsp3) is 0.565. The number of para-hydroxylation sites is 1. The minimum absolute atomic E-state index is 0.187. The molecule has 2 aliphatic heterocycles. The van der Waals surface area contributed by atoms with Gasteiger partial charge in [-0.1, -0.05) is 31.8 Å². The van der Waals surface area contributed by atoms with Gasteiger partial charge < -0.3 is 15.1 Å². The number of imidazole rings is 1. The van der Waals surface area contributed by atoms with E-state index in [2.05, 4.69) is 45.1 Å². The largest absolute Gasteiger partial charge is 0.370 e. The lowest BCUT2D eigenvalue weighted by atomic mass is 9.85. The number of fused-ring (bicyclic) bond motifs is 1. The Hall–Kier alpha value is -2.52. The molecule has 6 heteroatoms. The first kappa shape index (κ1) is 19.8. The van der Waals surface area contributed by atoms with Gasteiger partial charge in [0, 0.05) is 24.5 Å². The number of nitrogens with zero attached hydrogens (tertiary/aromatic N) is 4. The van der Waals surface area contributed by atoms with Crippen molar-refractivity contribution < 1.29 is 4.79 Å². The highest BCUT2D eigenvalue weighted by atomic mass is 16.2. The summed E-state index contributed by atoms with van der Waals surface area (Å²) in [5, 5.41) is 2.86. The maximum absolute atomic E-state index is 12.6. The molecule has 0 unspecified atom stereocenters. The summed E-state index contributed by atoms with van der Waals surface area (Å²) >= 11 is 0. The van der Waals surface area contributed by atoms with Crippen LogP contribution >= 0.6 is 0 Å². The number of likely N-dealkylation sites (tertiary alicyclic amines) is 1. The van der Waals surface area contributed by atoms with Crippen LogP contribution in [0.2, 0.25) is 0 Å². The Morgan fingerprint density at radius 1 is 1.24 bits per heavy atom. The predicted octanol–water partition coefficient (Wildman–Crippen LogP) is 3.32. The summed E-state index contributed by atoms with van der Waals surface area (Å²) in [7, 11) is 2.27. The molecule has 0 aliphatic carbocycles. The second-order valence-corrected chi connectivity index (χ2v) is 8.63. The van der Waals surface area contributed by atoms with Crippen LogP contribution in [0.3, 0.4) is 0 Å². The van der Waals surface area contributed by atoms with Crippen molar-refractivity contribution in [2.75, 3.05) is 38.1 Å². The first-order valence-electron chi connectivity index (χ1n) is 10.7. The zero-order valence-electron chi connectivity index (χ0n) is 17.7. The molecule has 0 atom stereocenters. The molecule has 1 amide bonds. The highest BCUT2D eigenvalue weighted by Crippen LogP contribution is 2.39. The van der Waals surface area contributed by atoms with Crippen molar-refractivity contribution in [2.45, 2.75) is 45.1 Å². The minimum atomic E-state index is -0.187. The van der Waals surface area contributed by atoms with Gasteiger partial charge in [0.1, 0.15) is 11.8 Å². The van der Waals surface area contributed by atoms with Gasteiger partial charge in [-0.3, -0.25) is 4.57 Å². The van der Waals surface area contributed by atoms with Crippen molar-refractivity contribution in [1.29, 1.82) is 0 Å². The standard InChI is InChI=1S/C23H31N5O/c1-18(2)7-5-13-24-22(29)28-17-25-21-19(8-4-9-20(21)28)27-15-11-23(12-16-27)10-6-14-26(23)3/h4,8-9,17-18H,6,10-16H2,1-3H3,(H,24,29). The van der Waals surface area contributed by atoms with E-state index >= 15 is 0 Å². The number of nitrogens with one attached hydrogen (secondary N) is 1. The Morgan fingerprint density at radius 2 is 2.03 bits per heavy atom. The van der Waals surface area contributed by atoms with Gasteiger partial charge in [-0.2, -0.15) is 0 Å². The smallest absolute Gasteiger partial charge is 0.328 e. The van der Waals surface area contributed by atoms with Crippen molar-refractivity contribution in [3.8, 4) is 11.8 Å². The molecule has 1 aromatic carbocycles. The van der Waals surface area contributed by atoms with Gasteiger partial charge in [-0.15, -0.1) is 0 Å². The SMILES string of the molecule is CC(C)C#CCNC(=O)n1cnc2c(N3CCC4(CCCN4C)CC3)cccc21. The number of anilines is 1. The van der Waals surface area contributed by atoms with Crippen molar-refractivity contribution in [3.05, 3.63) is 24.5 Å². The van der Waals surface area contributed by atoms with E-state index in [0.717, 1.165) is 29.8 Å². The summed E-state index contributed by atoms with van der Waals surface area (Å²) < 4.78 is 1.59. The van der Waals surface area contributed by atoms with Crippen LogP contribution in [0.5, 0.6) is 0 Å².